The Hall–Kier alpha value is -1.21. The number of aromatic nitrogens is 1. The van der Waals surface area contributed by atoms with Crippen molar-refractivity contribution in [2.75, 3.05) is 18.1 Å². The van der Waals surface area contributed by atoms with Gasteiger partial charge in [-0.25, -0.2) is 4.98 Å². The van der Waals surface area contributed by atoms with Gasteiger partial charge >= 0.3 is 0 Å². The molecule has 0 fully saturated rings. The molecule has 0 saturated heterocycles. The molecule has 1 aromatic heterocycles. The molecule has 1 aromatic rings. The second-order valence-electron chi connectivity index (χ2n) is 3.83. The Morgan fingerprint density at radius 3 is 2.93 bits per heavy atom. The summed E-state index contributed by atoms with van der Waals surface area (Å²) in [4.78, 5) is 3.99. The van der Waals surface area contributed by atoms with E-state index < -0.39 is 0 Å². The molecule has 0 saturated carbocycles. The summed E-state index contributed by atoms with van der Waals surface area (Å²) in [7, 11) is 0. The van der Waals surface area contributed by atoms with Crippen molar-refractivity contribution >= 4 is 17.4 Å². The average molecular weight is 221 g/mol. The molecule has 0 bridgehead atoms. The maximum atomic E-state index is 8.85. The van der Waals surface area contributed by atoms with E-state index in [4.69, 9.17) is 5.26 Å². The smallest absolute Gasteiger partial charge is 0.163 e. The fourth-order valence-corrected chi connectivity index (χ4v) is 1.23. The first kappa shape index (κ1) is 11.9. The number of hydrogen-bond acceptors (Lipinski definition) is 4. The molecule has 15 heavy (non-hydrogen) atoms. The molecule has 0 atom stereocenters. The monoisotopic (exact) mass is 221 g/mol. The highest BCUT2D eigenvalue weighted by Gasteiger charge is 2.15. The number of rotatable bonds is 4. The van der Waals surface area contributed by atoms with Crippen molar-refractivity contribution in [3.8, 4) is 6.07 Å². The maximum Gasteiger partial charge on any atom is 0.163 e. The van der Waals surface area contributed by atoms with Gasteiger partial charge in [0.15, 0.2) is 5.69 Å². The van der Waals surface area contributed by atoms with Crippen molar-refractivity contribution in [3.05, 3.63) is 24.0 Å². The van der Waals surface area contributed by atoms with Gasteiger partial charge in [0, 0.05) is 17.5 Å². The summed E-state index contributed by atoms with van der Waals surface area (Å²) in [5.74, 6) is 0. The van der Waals surface area contributed by atoms with E-state index in [1.54, 1.807) is 18.0 Å². The number of pyridine rings is 1. The van der Waals surface area contributed by atoms with Gasteiger partial charge in [-0.2, -0.15) is 17.0 Å². The van der Waals surface area contributed by atoms with Gasteiger partial charge in [-0.05, 0) is 32.2 Å². The zero-order valence-corrected chi connectivity index (χ0v) is 10.1. The Morgan fingerprint density at radius 2 is 2.33 bits per heavy atom. The molecule has 4 heteroatoms. The van der Waals surface area contributed by atoms with Gasteiger partial charge in [0.2, 0.25) is 0 Å². The molecular formula is C11H15N3S. The summed E-state index contributed by atoms with van der Waals surface area (Å²) in [6.07, 6.45) is 3.71. The quantitative estimate of drug-likeness (QED) is 0.848. The third-order valence-corrected chi connectivity index (χ3v) is 3.42. The zero-order valence-electron chi connectivity index (χ0n) is 9.24. The van der Waals surface area contributed by atoms with Crippen LogP contribution in [0.5, 0.6) is 0 Å². The molecule has 0 aliphatic rings. The van der Waals surface area contributed by atoms with E-state index >= 15 is 0 Å². The SMILES string of the molecule is CSC(C)(C)CNc1cccnc1C#N. The molecule has 0 aliphatic heterocycles. The van der Waals surface area contributed by atoms with Gasteiger partial charge in [0.05, 0.1) is 5.69 Å². The number of hydrogen-bond donors (Lipinski definition) is 1. The van der Waals surface area contributed by atoms with Crippen LogP contribution in [0.4, 0.5) is 5.69 Å². The average Bonchev–Trinajstić information content (AvgIpc) is 2.27. The molecule has 0 radical (unpaired) electrons. The van der Waals surface area contributed by atoms with Crippen LogP contribution in [0.1, 0.15) is 19.5 Å². The lowest BCUT2D eigenvalue weighted by molar-refractivity contribution is 0.752. The van der Waals surface area contributed by atoms with E-state index in [-0.39, 0.29) is 4.75 Å². The molecule has 1 heterocycles. The van der Waals surface area contributed by atoms with Crippen molar-refractivity contribution in [2.24, 2.45) is 0 Å². The highest BCUT2D eigenvalue weighted by Crippen LogP contribution is 2.22. The zero-order chi connectivity index (χ0) is 11.3. The fraction of sp³-hybridized carbons (Fsp3) is 0.455. The van der Waals surface area contributed by atoms with Crippen LogP contribution in [0.15, 0.2) is 18.3 Å². The molecule has 0 unspecified atom stereocenters. The Bertz CT molecular complexity index is 368. The predicted molar refractivity (Wildman–Crippen MR) is 65.0 cm³/mol. The van der Waals surface area contributed by atoms with Gasteiger partial charge in [-0.15, -0.1) is 0 Å². The number of nitrogens with one attached hydrogen (secondary N) is 1. The maximum absolute atomic E-state index is 8.85. The third-order valence-electron chi connectivity index (χ3n) is 2.17. The van der Waals surface area contributed by atoms with Gasteiger partial charge in [0.1, 0.15) is 6.07 Å². The molecule has 1 N–H and O–H groups in total. The summed E-state index contributed by atoms with van der Waals surface area (Å²) in [6.45, 7) is 5.13. The minimum absolute atomic E-state index is 0.155. The van der Waals surface area contributed by atoms with E-state index in [1.165, 1.54) is 0 Å². The molecule has 0 aromatic carbocycles. The van der Waals surface area contributed by atoms with Crippen molar-refractivity contribution in [1.29, 1.82) is 5.26 Å². The summed E-state index contributed by atoms with van der Waals surface area (Å²) >= 11 is 1.79. The number of anilines is 1. The van der Waals surface area contributed by atoms with Gasteiger partial charge in [0.25, 0.3) is 0 Å². The second kappa shape index (κ2) is 5.04. The normalized spacial score (nSPS) is 10.8. The van der Waals surface area contributed by atoms with Crippen LogP contribution < -0.4 is 5.32 Å². The first-order valence-electron chi connectivity index (χ1n) is 4.73. The number of thioether (sulfide) groups is 1. The topological polar surface area (TPSA) is 48.7 Å². The van der Waals surface area contributed by atoms with Crippen molar-refractivity contribution in [1.82, 2.24) is 4.98 Å². The van der Waals surface area contributed by atoms with Gasteiger partial charge in [-0.3, -0.25) is 0 Å². The molecule has 0 amide bonds. The lowest BCUT2D eigenvalue weighted by Crippen LogP contribution is -2.26. The van der Waals surface area contributed by atoms with E-state index in [2.05, 4.69) is 36.5 Å². The molecular weight excluding hydrogens is 206 g/mol. The lowest BCUT2D eigenvalue weighted by atomic mass is 10.2. The van der Waals surface area contributed by atoms with Gasteiger partial charge in [-0.1, -0.05) is 0 Å². The van der Waals surface area contributed by atoms with Gasteiger partial charge < -0.3 is 5.32 Å². The third kappa shape index (κ3) is 3.45. The largest absolute Gasteiger partial charge is 0.381 e. The number of nitrogens with zero attached hydrogens (tertiary/aromatic N) is 2. The Balaban J connectivity index is 2.70. The van der Waals surface area contributed by atoms with Crippen molar-refractivity contribution in [2.45, 2.75) is 18.6 Å². The highest BCUT2D eigenvalue weighted by atomic mass is 32.2. The van der Waals surface area contributed by atoms with Crippen molar-refractivity contribution < 1.29 is 0 Å². The number of nitriles is 1. The van der Waals surface area contributed by atoms with Crippen LogP contribution in [0.3, 0.4) is 0 Å². The fourth-order valence-electron chi connectivity index (χ4n) is 1.02. The molecule has 0 spiro atoms. The first-order valence-corrected chi connectivity index (χ1v) is 5.95. The molecule has 3 nitrogen and oxygen atoms in total. The van der Waals surface area contributed by atoms with Crippen LogP contribution in [-0.2, 0) is 0 Å². The minimum Gasteiger partial charge on any atom is -0.381 e. The van der Waals surface area contributed by atoms with Crippen LogP contribution in [0, 0.1) is 11.3 Å². The lowest BCUT2D eigenvalue weighted by Gasteiger charge is -2.23. The predicted octanol–water partition coefficient (Wildman–Crippen LogP) is 2.51. The van der Waals surface area contributed by atoms with E-state index in [1.807, 2.05) is 12.1 Å². The summed E-state index contributed by atoms with van der Waals surface area (Å²) < 4.78 is 0.155. The highest BCUT2D eigenvalue weighted by molar-refractivity contribution is 7.99. The first-order chi connectivity index (χ1) is 7.09. The minimum atomic E-state index is 0.155. The van der Waals surface area contributed by atoms with E-state index in [9.17, 15) is 0 Å². The van der Waals surface area contributed by atoms with Crippen LogP contribution in [0.25, 0.3) is 0 Å². The summed E-state index contributed by atoms with van der Waals surface area (Å²) in [5, 5.41) is 12.1. The molecule has 0 aliphatic carbocycles. The second-order valence-corrected chi connectivity index (χ2v) is 5.34. The summed E-state index contributed by atoms with van der Waals surface area (Å²) in [6, 6.07) is 5.77. The summed E-state index contributed by atoms with van der Waals surface area (Å²) in [5.41, 5.74) is 1.26. The molecule has 1 rings (SSSR count). The van der Waals surface area contributed by atoms with E-state index in [0.717, 1.165) is 12.2 Å². The van der Waals surface area contributed by atoms with Crippen LogP contribution in [0.2, 0.25) is 0 Å². The Morgan fingerprint density at radius 1 is 1.60 bits per heavy atom. The van der Waals surface area contributed by atoms with Crippen molar-refractivity contribution in [3.63, 3.8) is 0 Å². The van der Waals surface area contributed by atoms with Crippen LogP contribution >= 0.6 is 11.8 Å². The Labute approximate surface area is 94.9 Å². The van der Waals surface area contributed by atoms with E-state index in [0.29, 0.717) is 5.69 Å². The van der Waals surface area contributed by atoms with Crippen LogP contribution in [-0.4, -0.2) is 22.5 Å². The Kier molecular flexibility index (Phi) is 3.98. The standard InChI is InChI=1S/C11H15N3S/c1-11(2,15-3)8-14-9-5-4-6-13-10(9)7-12/h4-6,14H,8H2,1-3H3. The molecule has 80 valence electrons.